The fourth-order valence-electron chi connectivity index (χ4n) is 4.19. The van der Waals surface area contributed by atoms with Gasteiger partial charge in [-0.05, 0) is 56.0 Å². The maximum absolute atomic E-state index is 13.9. The molecule has 0 saturated carbocycles. The summed E-state index contributed by atoms with van der Waals surface area (Å²) < 4.78 is 56.2. The molecule has 2 aromatic rings. The highest BCUT2D eigenvalue weighted by molar-refractivity contribution is 7.90. The number of methoxy groups -OCH3 is 1. The van der Waals surface area contributed by atoms with E-state index in [9.17, 15) is 21.6 Å². The number of amides is 1. The molecule has 0 aromatic heterocycles. The van der Waals surface area contributed by atoms with Gasteiger partial charge in [0.2, 0.25) is 5.91 Å². The second kappa shape index (κ2) is 12.0. The van der Waals surface area contributed by atoms with Gasteiger partial charge >= 0.3 is 0 Å². The summed E-state index contributed by atoms with van der Waals surface area (Å²) in [5, 5.41) is 1.13. The Morgan fingerprint density at radius 3 is 2.11 bits per heavy atom. The first-order chi connectivity index (χ1) is 16.3. The lowest BCUT2D eigenvalue weighted by molar-refractivity contribution is -0.145. The van der Waals surface area contributed by atoms with Gasteiger partial charge in [0.1, 0.15) is 15.6 Å². The Morgan fingerprint density at radius 1 is 1.03 bits per heavy atom. The minimum Gasteiger partial charge on any atom is -0.497 e. The molecule has 2 aromatic carbocycles. The van der Waals surface area contributed by atoms with Crippen molar-refractivity contribution < 1.29 is 26.4 Å². The molecule has 0 heterocycles. The molecule has 0 aliphatic carbocycles. The third-order valence-electron chi connectivity index (χ3n) is 5.86. The SMILES string of the molecule is CCCC(C)(CS(C)(=O)=O)C(=O)N(NS(=O)(=O)c1ccc(OC)cc1)C(CC)Cc1ccccc1. The van der Waals surface area contributed by atoms with E-state index in [-0.39, 0.29) is 10.6 Å². The van der Waals surface area contributed by atoms with Crippen LogP contribution in [-0.2, 0) is 31.1 Å². The number of carbonyl (C=O) groups is 1. The van der Waals surface area contributed by atoms with Crippen LogP contribution in [0.1, 0.15) is 45.6 Å². The van der Waals surface area contributed by atoms with Crippen LogP contribution in [0.3, 0.4) is 0 Å². The average molecular weight is 525 g/mol. The quantitative estimate of drug-likeness (QED) is 0.401. The monoisotopic (exact) mass is 524 g/mol. The molecule has 10 heteroatoms. The molecule has 0 radical (unpaired) electrons. The summed E-state index contributed by atoms with van der Waals surface area (Å²) in [6.45, 7) is 5.31. The molecule has 194 valence electrons. The number of ether oxygens (including phenoxy) is 1. The first-order valence-electron chi connectivity index (χ1n) is 11.6. The average Bonchev–Trinajstić information content (AvgIpc) is 2.80. The zero-order chi connectivity index (χ0) is 26.3. The number of nitrogens with zero attached hydrogens (tertiary/aromatic N) is 1. The minimum absolute atomic E-state index is 0.0361. The van der Waals surface area contributed by atoms with Gasteiger partial charge in [0.05, 0.1) is 29.2 Å². The number of hydrazine groups is 1. The summed E-state index contributed by atoms with van der Waals surface area (Å²) in [5.74, 6) is -0.449. The van der Waals surface area contributed by atoms with E-state index in [0.29, 0.717) is 31.4 Å². The third-order valence-corrected chi connectivity index (χ3v) is 8.35. The van der Waals surface area contributed by atoms with Crippen LogP contribution in [0, 0.1) is 5.41 Å². The summed E-state index contributed by atoms with van der Waals surface area (Å²) in [6.07, 6.45) is 2.79. The van der Waals surface area contributed by atoms with Crippen LogP contribution in [0.4, 0.5) is 0 Å². The molecule has 2 rings (SSSR count). The molecule has 1 N–H and O–H groups in total. The lowest BCUT2D eigenvalue weighted by Crippen LogP contribution is -2.58. The predicted molar refractivity (Wildman–Crippen MR) is 137 cm³/mol. The summed E-state index contributed by atoms with van der Waals surface area (Å²) >= 11 is 0. The number of sulfone groups is 1. The number of hydrogen-bond acceptors (Lipinski definition) is 6. The number of carbonyl (C=O) groups excluding carboxylic acids is 1. The molecule has 8 nitrogen and oxygen atoms in total. The summed E-state index contributed by atoms with van der Waals surface area (Å²) in [6, 6.07) is 14.7. The van der Waals surface area contributed by atoms with Gasteiger partial charge in [0.15, 0.2) is 0 Å². The molecule has 0 fully saturated rings. The number of hydrogen-bond donors (Lipinski definition) is 1. The first-order valence-corrected chi connectivity index (χ1v) is 15.1. The van der Waals surface area contributed by atoms with Crippen molar-refractivity contribution >= 4 is 25.8 Å². The van der Waals surface area contributed by atoms with Crippen LogP contribution in [-0.4, -0.2) is 52.9 Å². The van der Waals surface area contributed by atoms with Crippen molar-refractivity contribution in [1.82, 2.24) is 9.84 Å². The van der Waals surface area contributed by atoms with Crippen LogP contribution in [0.25, 0.3) is 0 Å². The van der Waals surface area contributed by atoms with E-state index in [1.54, 1.807) is 6.92 Å². The Morgan fingerprint density at radius 2 is 1.63 bits per heavy atom. The van der Waals surface area contributed by atoms with Crippen LogP contribution in [0.5, 0.6) is 5.75 Å². The normalized spacial score (nSPS) is 14.7. The Bertz CT molecular complexity index is 1180. The van der Waals surface area contributed by atoms with Gasteiger partial charge in [-0.25, -0.2) is 16.8 Å². The van der Waals surface area contributed by atoms with E-state index in [1.165, 1.54) is 31.4 Å². The molecule has 0 spiro atoms. The third kappa shape index (κ3) is 8.05. The van der Waals surface area contributed by atoms with Crippen molar-refractivity contribution in [3.05, 3.63) is 60.2 Å². The second-order valence-corrected chi connectivity index (χ2v) is 12.9. The predicted octanol–water partition coefficient (Wildman–Crippen LogP) is 3.59. The zero-order valence-corrected chi connectivity index (χ0v) is 22.7. The zero-order valence-electron chi connectivity index (χ0n) is 21.0. The fraction of sp³-hybridized carbons (Fsp3) is 0.480. The number of benzene rings is 2. The van der Waals surface area contributed by atoms with E-state index in [1.807, 2.05) is 44.2 Å². The fourth-order valence-corrected chi connectivity index (χ4v) is 6.70. The van der Waals surface area contributed by atoms with Gasteiger partial charge in [-0.2, -0.15) is 0 Å². The molecular formula is C25H36N2O6S2. The Balaban J connectivity index is 2.53. The highest BCUT2D eigenvalue weighted by atomic mass is 32.2. The van der Waals surface area contributed by atoms with Gasteiger partial charge < -0.3 is 4.74 Å². The Hall–Kier alpha value is -2.43. The summed E-state index contributed by atoms with van der Waals surface area (Å²) in [7, 11) is -6.18. The Kier molecular flexibility index (Phi) is 9.88. The van der Waals surface area contributed by atoms with Gasteiger partial charge in [-0.15, -0.1) is 4.83 Å². The molecular weight excluding hydrogens is 488 g/mol. The maximum Gasteiger partial charge on any atom is 0.257 e. The van der Waals surface area contributed by atoms with Crippen molar-refractivity contribution in [2.24, 2.45) is 5.41 Å². The van der Waals surface area contributed by atoms with Crippen LogP contribution < -0.4 is 9.57 Å². The molecule has 2 atom stereocenters. The van der Waals surface area contributed by atoms with Crippen molar-refractivity contribution in [2.45, 2.75) is 57.4 Å². The van der Waals surface area contributed by atoms with Gasteiger partial charge in [-0.3, -0.25) is 9.80 Å². The van der Waals surface area contributed by atoms with Crippen LogP contribution in [0.15, 0.2) is 59.5 Å². The molecule has 35 heavy (non-hydrogen) atoms. The van der Waals surface area contributed by atoms with Gasteiger partial charge in [0.25, 0.3) is 10.0 Å². The summed E-state index contributed by atoms with van der Waals surface area (Å²) in [5.41, 5.74) is -0.365. The maximum atomic E-state index is 13.9. The molecule has 2 unspecified atom stereocenters. The van der Waals surface area contributed by atoms with E-state index < -0.39 is 37.2 Å². The highest BCUT2D eigenvalue weighted by Gasteiger charge is 2.42. The minimum atomic E-state index is -4.15. The number of sulfonamides is 1. The van der Waals surface area contributed by atoms with Crippen molar-refractivity contribution in [1.29, 1.82) is 0 Å². The van der Waals surface area contributed by atoms with E-state index in [4.69, 9.17) is 4.74 Å². The largest absolute Gasteiger partial charge is 0.497 e. The van der Waals surface area contributed by atoms with Crippen molar-refractivity contribution in [3.8, 4) is 5.75 Å². The van der Waals surface area contributed by atoms with E-state index in [2.05, 4.69) is 4.83 Å². The lowest BCUT2D eigenvalue weighted by Gasteiger charge is -2.38. The molecule has 0 bridgehead atoms. The van der Waals surface area contributed by atoms with Gasteiger partial charge in [-0.1, -0.05) is 50.6 Å². The topological polar surface area (TPSA) is 110 Å². The number of nitrogens with one attached hydrogen (secondary N) is 1. The van der Waals surface area contributed by atoms with Crippen molar-refractivity contribution in [3.63, 3.8) is 0 Å². The summed E-state index contributed by atoms with van der Waals surface area (Å²) in [4.78, 5) is 16.4. The van der Waals surface area contributed by atoms with E-state index >= 15 is 0 Å². The first kappa shape index (κ1) is 28.8. The molecule has 0 aliphatic rings. The smallest absolute Gasteiger partial charge is 0.257 e. The standard InChI is InChI=1S/C25H36N2O6S2/c1-6-17-25(3,19-34(5,29)30)24(28)27(21(7-2)18-20-11-9-8-10-12-20)26-35(31,32)23-15-13-22(33-4)14-16-23/h8-16,21,26H,6-7,17-19H2,1-5H3. The number of rotatable bonds is 13. The van der Waals surface area contributed by atoms with E-state index in [0.717, 1.165) is 16.8 Å². The Labute approximate surface area is 209 Å². The van der Waals surface area contributed by atoms with Crippen LogP contribution >= 0.6 is 0 Å². The molecule has 0 saturated heterocycles. The van der Waals surface area contributed by atoms with Crippen LogP contribution in [0.2, 0.25) is 0 Å². The second-order valence-electron chi connectivity index (χ2n) is 9.08. The highest BCUT2D eigenvalue weighted by Crippen LogP contribution is 2.30. The lowest BCUT2D eigenvalue weighted by atomic mass is 9.85. The van der Waals surface area contributed by atoms with Gasteiger partial charge in [0, 0.05) is 6.26 Å². The van der Waals surface area contributed by atoms with Crippen molar-refractivity contribution in [2.75, 3.05) is 19.1 Å². The molecule has 0 aliphatic heterocycles. The molecule has 1 amide bonds.